The number of anilines is 1. The van der Waals surface area contributed by atoms with Crippen LogP contribution in [0.5, 0.6) is 5.75 Å². The van der Waals surface area contributed by atoms with Gasteiger partial charge in [0.2, 0.25) is 11.7 Å². The standard InChI is InChI=1S/C31H35N3O5/c1-22-7-13-25(14-8-22)30(35)34(27-17-19-38-20-18-27)29-28(39-31(36)37)21-33(32-29)26-15-11-24(12-16-26)10-9-23-5-3-2-4-6-23/h2-6,9-12,15-16,21-22,25,27H,7-8,13-14,17-20H2,1H3,(H,36,37)/b10-9+. The minimum absolute atomic E-state index is 0.00399. The Morgan fingerprint density at radius 1 is 0.949 bits per heavy atom. The van der Waals surface area contributed by atoms with Crippen molar-refractivity contribution < 1.29 is 24.2 Å². The van der Waals surface area contributed by atoms with Crippen LogP contribution in [0.15, 0.2) is 60.8 Å². The lowest BCUT2D eigenvalue weighted by molar-refractivity contribution is -0.124. The molecule has 2 heterocycles. The van der Waals surface area contributed by atoms with E-state index in [-0.39, 0.29) is 29.4 Å². The van der Waals surface area contributed by atoms with Crippen LogP contribution in [-0.4, -0.2) is 46.2 Å². The highest BCUT2D eigenvalue weighted by Gasteiger charge is 2.37. The molecule has 5 rings (SSSR count). The Balaban J connectivity index is 1.45. The molecule has 204 valence electrons. The van der Waals surface area contributed by atoms with E-state index in [4.69, 9.17) is 14.6 Å². The van der Waals surface area contributed by atoms with E-state index in [1.54, 1.807) is 15.8 Å². The van der Waals surface area contributed by atoms with Gasteiger partial charge in [0.05, 0.1) is 11.9 Å². The Hall–Kier alpha value is -3.91. The van der Waals surface area contributed by atoms with Gasteiger partial charge in [-0.2, -0.15) is 0 Å². The van der Waals surface area contributed by atoms with Crippen molar-refractivity contribution in [1.29, 1.82) is 0 Å². The van der Waals surface area contributed by atoms with Crippen LogP contribution >= 0.6 is 0 Å². The lowest BCUT2D eigenvalue weighted by atomic mass is 9.82. The first-order valence-electron chi connectivity index (χ1n) is 13.7. The predicted octanol–water partition coefficient (Wildman–Crippen LogP) is 6.44. The Morgan fingerprint density at radius 2 is 1.59 bits per heavy atom. The van der Waals surface area contributed by atoms with Gasteiger partial charge in [0.15, 0.2) is 5.75 Å². The van der Waals surface area contributed by atoms with Gasteiger partial charge in [0.1, 0.15) is 0 Å². The Morgan fingerprint density at radius 3 is 2.23 bits per heavy atom. The first-order chi connectivity index (χ1) is 19.0. The molecule has 1 saturated heterocycles. The normalized spacial score (nSPS) is 20.1. The van der Waals surface area contributed by atoms with Crippen LogP contribution in [0.3, 0.4) is 0 Å². The average molecular weight is 530 g/mol. The van der Waals surface area contributed by atoms with Gasteiger partial charge >= 0.3 is 6.16 Å². The van der Waals surface area contributed by atoms with Gasteiger partial charge < -0.3 is 14.6 Å². The summed E-state index contributed by atoms with van der Waals surface area (Å²) < 4.78 is 12.3. The monoisotopic (exact) mass is 529 g/mol. The molecule has 3 aromatic rings. The summed E-state index contributed by atoms with van der Waals surface area (Å²) in [6.07, 6.45) is 9.18. The van der Waals surface area contributed by atoms with E-state index in [2.05, 4.69) is 6.92 Å². The van der Waals surface area contributed by atoms with Crippen molar-refractivity contribution in [2.24, 2.45) is 11.8 Å². The number of carboxylic acid groups (broad SMARTS) is 1. The molecule has 1 aliphatic heterocycles. The maximum absolute atomic E-state index is 13.9. The SMILES string of the molecule is CC1CCC(C(=O)N(c2nn(-c3ccc(/C=C/c4ccccc4)cc3)cc2OC(=O)O)C2CCOCC2)CC1. The Kier molecular flexibility index (Phi) is 8.42. The number of rotatable bonds is 7. The summed E-state index contributed by atoms with van der Waals surface area (Å²) in [5.74, 6) is 0.806. The minimum Gasteiger partial charge on any atom is -0.449 e. The van der Waals surface area contributed by atoms with Gasteiger partial charge in [-0.15, -0.1) is 5.10 Å². The molecule has 0 spiro atoms. The van der Waals surface area contributed by atoms with Crippen LogP contribution in [0.4, 0.5) is 10.6 Å². The second kappa shape index (κ2) is 12.3. The van der Waals surface area contributed by atoms with Crippen molar-refractivity contribution in [2.75, 3.05) is 18.1 Å². The number of aromatic nitrogens is 2. The number of hydrogen-bond donors (Lipinski definition) is 1. The van der Waals surface area contributed by atoms with Crippen LogP contribution in [0, 0.1) is 11.8 Å². The van der Waals surface area contributed by atoms with Crippen LogP contribution in [0.25, 0.3) is 17.8 Å². The van der Waals surface area contributed by atoms with E-state index < -0.39 is 6.16 Å². The molecule has 1 N–H and O–H groups in total. The maximum Gasteiger partial charge on any atom is 0.511 e. The Bertz CT molecular complexity index is 1290. The fourth-order valence-corrected chi connectivity index (χ4v) is 5.41. The molecular formula is C31H35N3O5. The van der Waals surface area contributed by atoms with Crippen molar-refractivity contribution in [3.05, 3.63) is 71.9 Å². The molecule has 0 bridgehead atoms. The minimum atomic E-state index is -1.44. The number of carbonyl (C=O) groups is 2. The van der Waals surface area contributed by atoms with Gasteiger partial charge in [-0.1, -0.05) is 61.5 Å². The second-order valence-corrected chi connectivity index (χ2v) is 10.5. The first-order valence-corrected chi connectivity index (χ1v) is 13.7. The molecule has 0 unspecified atom stereocenters. The fraction of sp³-hybridized carbons (Fsp3) is 0.387. The summed E-state index contributed by atoms with van der Waals surface area (Å²) in [7, 11) is 0. The van der Waals surface area contributed by atoms with Crippen molar-refractivity contribution in [1.82, 2.24) is 9.78 Å². The topological polar surface area (TPSA) is 93.9 Å². The number of nitrogens with zero attached hydrogens (tertiary/aromatic N) is 3. The molecule has 2 aliphatic rings. The molecule has 1 aromatic heterocycles. The number of ether oxygens (including phenoxy) is 2. The quantitative estimate of drug-likeness (QED) is 0.280. The molecule has 1 amide bonds. The van der Waals surface area contributed by atoms with Crippen molar-refractivity contribution >= 4 is 30.0 Å². The summed E-state index contributed by atoms with van der Waals surface area (Å²) in [6.45, 7) is 3.31. The van der Waals surface area contributed by atoms with Gasteiger partial charge in [-0.3, -0.25) is 9.69 Å². The molecule has 0 atom stereocenters. The summed E-state index contributed by atoms with van der Waals surface area (Å²) in [5.41, 5.74) is 2.86. The molecule has 1 saturated carbocycles. The van der Waals surface area contributed by atoms with Crippen molar-refractivity contribution in [2.45, 2.75) is 51.5 Å². The van der Waals surface area contributed by atoms with Gasteiger partial charge in [0, 0.05) is 25.2 Å². The highest BCUT2D eigenvalue weighted by molar-refractivity contribution is 5.96. The lowest BCUT2D eigenvalue weighted by Gasteiger charge is -2.36. The number of hydrogen-bond acceptors (Lipinski definition) is 5. The summed E-state index contributed by atoms with van der Waals surface area (Å²) in [4.78, 5) is 27.3. The third-order valence-electron chi connectivity index (χ3n) is 7.67. The highest BCUT2D eigenvalue weighted by Crippen LogP contribution is 2.37. The number of benzene rings is 2. The number of carbonyl (C=O) groups excluding carboxylic acids is 1. The van der Waals surface area contributed by atoms with Gasteiger partial charge in [-0.05, 0) is 67.7 Å². The molecule has 2 aromatic carbocycles. The molecule has 8 heteroatoms. The van der Waals surface area contributed by atoms with E-state index >= 15 is 0 Å². The smallest absolute Gasteiger partial charge is 0.449 e. The molecule has 1 aliphatic carbocycles. The van der Waals surface area contributed by atoms with Gasteiger partial charge in [0.25, 0.3) is 0 Å². The zero-order chi connectivity index (χ0) is 27.2. The molecule has 2 fully saturated rings. The van der Waals surface area contributed by atoms with Crippen LogP contribution in [0.2, 0.25) is 0 Å². The average Bonchev–Trinajstić information content (AvgIpc) is 3.36. The second-order valence-electron chi connectivity index (χ2n) is 10.5. The third kappa shape index (κ3) is 6.57. The lowest BCUT2D eigenvalue weighted by Crippen LogP contribution is -2.47. The van der Waals surface area contributed by atoms with E-state index in [1.165, 1.54) is 0 Å². The van der Waals surface area contributed by atoms with Crippen LogP contribution < -0.4 is 9.64 Å². The summed E-state index contributed by atoms with van der Waals surface area (Å²) in [6, 6.07) is 17.7. The van der Waals surface area contributed by atoms with E-state index in [1.807, 2.05) is 66.7 Å². The van der Waals surface area contributed by atoms with Crippen molar-refractivity contribution in [3.63, 3.8) is 0 Å². The maximum atomic E-state index is 13.9. The largest absolute Gasteiger partial charge is 0.511 e. The van der Waals surface area contributed by atoms with E-state index in [0.29, 0.717) is 32.0 Å². The highest BCUT2D eigenvalue weighted by atomic mass is 16.7. The predicted molar refractivity (Wildman–Crippen MR) is 150 cm³/mol. The van der Waals surface area contributed by atoms with Gasteiger partial charge in [-0.25, -0.2) is 9.48 Å². The number of amides is 1. The molecule has 0 radical (unpaired) electrons. The molecule has 39 heavy (non-hydrogen) atoms. The zero-order valence-electron chi connectivity index (χ0n) is 22.2. The summed E-state index contributed by atoms with van der Waals surface area (Å²) in [5, 5.41) is 14.2. The van der Waals surface area contributed by atoms with Crippen molar-refractivity contribution in [3.8, 4) is 11.4 Å². The first kappa shape index (κ1) is 26.7. The van der Waals surface area contributed by atoms with E-state index in [0.717, 1.165) is 42.5 Å². The van der Waals surface area contributed by atoms with Crippen LogP contribution in [-0.2, 0) is 9.53 Å². The van der Waals surface area contributed by atoms with Crippen LogP contribution in [0.1, 0.15) is 56.6 Å². The molecule has 8 nitrogen and oxygen atoms in total. The fourth-order valence-electron chi connectivity index (χ4n) is 5.41. The zero-order valence-corrected chi connectivity index (χ0v) is 22.2. The Labute approximate surface area is 228 Å². The summed E-state index contributed by atoms with van der Waals surface area (Å²) >= 11 is 0. The molecular weight excluding hydrogens is 494 g/mol. The van der Waals surface area contributed by atoms with E-state index in [9.17, 15) is 14.7 Å². The third-order valence-corrected chi connectivity index (χ3v) is 7.67.